The molecule has 1 aliphatic heterocycles. The van der Waals surface area contributed by atoms with Crippen LogP contribution in [-0.2, 0) is 0 Å². The normalized spacial score (nSPS) is 37.8. The van der Waals surface area contributed by atoms with Crippen molar-refractivity contribution in [3.63, 3.8) is 0 Å². The molecule has 0 aromatic rings. The third kappa shape index (κ3) is 2.66. The fourth-order valence-corrected chi connectivity index (χ4v) is 1.76. The molecule has 0 aromatic heterocycles. The maximum absolute atomic E-state index is 9.85. The van der Waals surface area contributed by atoms with Crippen molar-refractivity contribution in [1.82, 2.24) is 4.90 Å². The van der Waals surface area contributed by atoms with Crippen molar-refractivity contribution in [3.8, 4) is 0 Å². The second kappa shape index (κ2) is 3.95. The van der Waals surface area contributed by atoms with E-state index in [0.717, 1.165) is 13.1 Å². The molecule has 3 nitrogen and oxygen atoms in total. The van der Waals surface area contributed by atoms with Crippen LogP contribution >= 0.6 is 0 Å². The lowest BCUT2D eigenvalue weighted by atomic mass is 9.94. The quantitative estimate of drug-likeness (QED) is 0.632. The fourth-order valence-electron chi connectivity index (χ4n) is 1.76. The molecule has 0 radical (unpaired) electrons. The van der Waals surface area contributed by atoms with E-state index in [1.807, 2.05) is 0 Å². The molecular weight excluding hydrogens is 166 g/mol. The number of aliphatic hydroxyl groups is 2. The van der Waals surface area contributed by atoms with Gasteiger partial charge in [0.2, 0.25) is 0 Å². The third-order valence-corrected chi connectivity index (χ3v) is 3.04. The molecule has 0 aromatic carbocycles. The van der Waals surface area contributed by atoms with Crippen LogP contribution in [0.3, 0.4) is 0 Å². The van der Waals surface area contributed by atoms with Gasteiger partial charge in [-0.25, -0.2) is 0 Å². The summed E-state index contributed by atoms with van der Waals surface area (Å²) in [7, 11) is 0. The predicted octanol–water partition coefficient (Wildman–Crippen LogP) is 0.603. The van der Waals surface area contributed by atoms with Crippen molar-refractivity contribution in [2.75, 3.05) is 13.1 Å². The van der Waals surface area contributed by atoms with E-state index in [2.05, 4.69) is 18.7 Å². The second-order valence-electron chi connectivity index (χ2n) is 4.54. The van der Waals surface area contributed by atoms with E-state index in [0.29, 0.717) is 18.9 Å². The topological polar surface area (TPSA) is 43.7 Å². The molecule has 0 amide bonds. The van der Waals surface area contributed by atoms with Crippen LogP contribution < -0.4 is 0 Å². The number of aliphatic hydroxyl groups excluding tert-OH is 1. The van der Waals surface area contributed by atoms with Crippen molar-refractivity contribution < 1.29 is 10.2 Å². The highest BCUT2D eigenvalue weighted by atomic mass is 16.3. The Morgan fingerprint density at radius 2 is 2.00 bits per heavy atom. The molecule has 1 fully saturated rings. The molecule has 2 atom stereocenters. The molecular formula is C10H21NO2. The summed E-state index contributed by atoms with van der Waals surface area (Å²) >= 11 is 0. The van der Waals surface area contributed by atoms with Crippen molar-refractivity contribution in [1.29, 1.82) is 0 Å². The number of hydrogen-bond donors (Lipinski definition) is 2. The summed E-state index contributed by atoms with van der Waals surface area (Å²) in [5.41, 5.74) is -0.899. The van der Waals surface area contributed by atoms with Crippen LogP contribution in [0.2, 0.25) is 0 Å². The number of nitrogens with zero attached hydrogens (tertiary/aromatic N) is 1. The van der Waals surface area contributed by atoms with E-state index in [1.165, 1.54) is 0 Å². The standard InChI is InChI=1S/C10H21NO2/c1-8(2)11-6-4-9(12)10(3,13)5-7-11/h8-9,12-13H,4-7H2,1-3H3/t9-,10+/m0/s1. The Kier molecular flexibility index (Phi) is 3.33. The number of rotatable bonds is 1. The molecule has 1 saturated heterocycles. The van der Waals surface area contributed by atoms with E-state index >= 15 is 0 Å². The summed E-state index contributed by atoms with van der Waals surface area (Å²) in [6.07, 6.45) is 0.758. The zero-order valence-corrected chi connectivity index (χ0v) is 8.82. The van der Waals surface area contributed by atoms with Gasteiger partial charge in [0.05, 0.1) is 11.7 Å². The number of likely N-dealkylation sites (tertiary alicyclic amines) is 1. The molecule has 13 heavy (non-hydrogen) atoms. The van der Waals surface area contributed by atoms with E-state index in [-0.39, 0.29) is 0 Å². The minimum atomic E-state index is -0.899. The van der Waals surface area contributed by atoms with Gasteiger partial charge in [-0.1, -0.05) is 0 Å². The van der Waals surface area contributed by atoms with Crippen LogP contribution in [0.25, 0.3) is 0 Å². The van der Waals surface area contributed by atoms with Crippen molar-refractivity contribution in [2.24, 2.45) is 0 Å². The first-order chi connectivity index (χ1) is 5.93. The first kappa shape index (κ1) is 11.0. The van der Waals surface area contributed by atoms with Gasteiger partial charge < -0.3 is 15.1 Å². The summed E-state index contributed by atoms with van der Waals surface area (Å²) in [6.45, 7) is 7.77. The zero-order chi connectivity index (χ0) is 10.1. The molecule has 1 rings (SSSR count). The predicted molar refractivity (Wildman–Crippen MR) is 52.6 cm³/mol. The lowest BCUT2D eigenvalue weighted by Crippen LogP contribution is -2.39. The molecule has 1 heterocycles. The smallest absolute Gasteiger partial charge is 0.0890 e. The van der Waals surface area contributed by atoms with Crippen LogP contribution in [0.5, 0.6) is 0 Å². The Hall–Kier alpha value is -0.120. The third-order valence-electron chi connectivity index (χ3n) is 3.04. The first-order valence-electron chi connectivity index (χ1n) is 5.08. The van der Waals surface area contributed by atoms with Gasteiger partial charge in [-0.3, -0.25) is 0 Å². The van der Waals surface area contributed by atoms with E-state index in [4.69, 9.17) is 0 Å². The van der Waals surface area contributed by atoms with Gasteiger partial charge in [0.25, 0.3) is 0 Å². The van der Waals surface area contributed by atoms with E-state index in [9.17, 15) is 10.2 Å². The van der Waals surface area contributed by atoms with Gasteiger partial charge in [0, 0.05) is 19.1 Å². The Morgan fingerprint density at radius 1 is 1.38 bits per heavy atom. The molecule has 0 spiro atoms. The van der Waals surface area contributed by atoms with Crippen molar-refractivity contribution >= 4 is 0 Å². The van der Waals surface area contributed by atoms with Gasteiger partial charge in [-0.2, -0.15) is 0 Å². The van der Waals surface area contributed by atoms with Crippen LogP contribution in [0.1, 0.15) is 33.6 Å². The van der Waals surface area contributed by atoms with Gasteiger partial charge in [-0.15, -0.1) is 0 Å². The van der Waals surface area contributed by atoms with Gasteiger partial charge in [0.15, 0.2) is 0 Å². The van der Waals surface area contributed by atoms with Gasteiger partial charge in [-0.05, 0) is 33.6 Å². The van der Waals surface area contributed by atoms with Crippen molar-refractivity contribution in [3.05, 3.63) is 0 Å². The lowest BCUT2D eigenvalue weighted by molar-refractivity contribution is -0.0623. The molecule has 78 valence electrons. The summed E-state index contributed by atoms with van der Waals surface area (Å²) in [4.78, 5) is 2.30. The molecule has 1 aliphatic rings. The minimum absolute atomic E-state index is 0.501. The molecule has 0 bridgehead atoms. The SMILES string of the molecule is CC(C)N1CC[C@H](O)[C@](C)(O)CC1. The largest absolute Gasteiger partial charge is 0.390 e. The van der Waals surface area contributed by atoms with Crippen LogP contribution in [0.4, 0.5) is 0 Å². The Bertz CT molecular complexity index is 168. The van der Waals surface area contributed by atoms with Crippen LogP contribution in [0.15, 0.2) is 0 Å². The average Bonchev–Trinajstić information content (AvgIpc) is 2.13. The zero-order valence-electron chi connectivity index (χ0n) is 8.82. The second-order valence-corrected chi connectivity index (χ2v) is 4.54. The number of hydrogen-bond acceptors (Lipinski definition) is 3. The molecule has 0 unspecified atom stereocenters. The highest BCUT2D eigenvalue weighted by Crippen LogP contribution is 2.22. The highest BCUT2D eigenvalue weighted by molar-refractivity contribution is 4.87. The van der Waals surface area contributed by atoms with Crippen LogP contribution in [0, 0.1) is 0 Å². The monoisotopic (exact) mass is 187 g/mol. The fraction of sp³-hybridized carbons (Fsp3) is 1.00. The molecule has 0 aliphatic carbocycles. The summed E-state index contributed by atoms with van der Waals surface area (Å²) in [5.74, 6) is 0. The van der Waals surface area contributed by atoms with Gasteiger partial charge in [0.1, 0.15) is 0 Å². The maximum atomic E-state index is 9.85. The van der Waals surface area contributed by atoms with Crippen LogP contribution in [-0.4, -0.2) is 45.9 Å². The van der Waals surface area contributed by atoms with E-state index < -0.39 is 11.7 Å². The molecule has 3 heteroatoms. The Labute approximate surface area is 80.4 Å². The van der Waals surface area contributed by atoms with Crippen molar-refractivity contribution in [2.45, 2.75) is 51.4 Å². The summed E-state index contributed by atoms with van der Waals surface area (Å²) in [5, 5.41) is 19.5. The minimum Gasteiger partial charge on any atom is -0.390 e. The summed E-state index contributed by atoms with van der Waals surface area (Å²) in [6, 6.07) is 0.501. The maximum Gasteiger partial charge on any atom is 0.0890 e. The summed E-state index contributed by atoms with van der Waals surface area (Å²) < 4.78 is 0. The first-order valence-corrected chi connectivity index (χ1v) is 5.08. The molecule has 2 N–H and O–H groups in total. The Morgan fingerprint density at radius 3 is 2.54 bits per heavy atom. The molecule has 0 saturated carbocycles. The lowest BCUT2D eigenvalue weighted by Gasteiger charge is -2.26. The van der Waals surface area contributed by atoms with Gasteiger partial charge >= 0.3 is 0 Å². The highest BCUT2D eigenvalue weighted by Gasteiger charge is 2.33. The Balaban J connectivity index is 2.57. The van der Waals surface area contributed by atoms with E-state index in [1.54, 1.807) is 6.92 Å². The average molecular weight is 187 g/mol.